The minimum absolute atomic E-state index is 0.0431. The van der Waals surface area contributed by atoms with Crippen LogP contribution in [0, 0.1) is 0 Å². The molecule has 0 unspecified atom stereocenters. The van der Waals surface area contributed by atoms with E-state index >= 15 is 0 Å². The van der Waals surface area contributed by atoms with Crippen molar-refractivity contribution in [1.29, 1.82) is 0 Å². The van der Waals surface area contributed by atoms with Crippen LogP contribution < -0.4 is 5.11 Å². The van der Waals surface area contributed by atoms with Crippen molar-refractivity contribution in [2.75, 3.05) is 13.1 Å². The van der Waals surface area contributed by atoms with Crippen molar-refractivity contribution in [1.82, 2.24) is 4.31 Å². The highest BCUT2D eigenvalue weighted by molar-refractivity contribution is 7.91. The number of benzene rings is 1. The lowest BCUT2D eigenvalue weighted by molar-refractivity contribution is -0.268. The normalized spacial score (nSPS) is 16.2. The Bertz CT molecular complexity index is 924. The zero-order valence-corrected chi connectivity index (χ0v) is 14.8. The van der Waals surface area contributed by atoms with Crippen molar-refractivity contribution >= 4 is 39.0 Å². The Kier molecular flexibility index (Phi) is 4.94. The first-order valence-corrected chi connectivity index (χ1v) is 9.96. The fourth-order valence-corrected chi connectivity index (χ4v) is 5.65. The number of carbonyl (C=O) groups is 1. The Morgan fingerprint density at radius 1 is 1.20 bits per heavy atom. The average molecular weight is 378 g/mol. The lowest BCUT2D eigenvalue weighted by Gasteiger charge is -2.13. The Morgan fingerprint density at radius 3 is 2.56 bits per heavy atom. The number of carboxylic acids is 1. The van der Waals surface area contributed by atoms with Gasteiger partial charge in [0.05, 0.1) is 5.57 Å². The SMILES string of the molecule is O=C(O)/C(=C\c1cccc([O-])c1)c1ccc(S(=O)(=O)N2CCCC2)s1. The second kappa shape index (κ2) is 6.99. The number of aliphatic carboxylic acids is 1. The summed E-state index contributed by atoms with van der Waals surface area (Å²) in [5, 5.41) is 20.9. The van der Waals surface area contributed by atoms with E-state index in [0.717, 1.165) is 24.2 Å². The van der Waals surface area contributed by atoms with Gasteiger partial charge in [0.15, 0.2) is 0 Å². The van der Waals surface area contributed by atoms with Gasteiger partial charge in [0.2, 0.25) is 0 Å². The van der Waals surface area contributed by atoms with Crippen LogP contribution in [-0.4, -0.2) is 36.9 Å². The number of sulfonamides is 1. The molecule has 2 heterocycles. The fraction of sp³-hybridized carbons (Fsp3) is 0.235. The van der Waals surface area contributed by atoms with E-state index in [9.17, 15) is 23.4 Å². The Hall–Kier alpha value is -2.16. The highest BCUT2D eigenvalue weighted by Crippen LogP contribution is 2.32. The monoisotopic (exact) mass is 378 g/mol. The molecule has 1 aromatic heterocycles. The summed E-state index contributed by atoms with van der Waals surface area (Å²) in [7, 11) is -3.57. The molecular weight excluding hydrogens is 362 g/mol. The van der Waals surface area contributed by atoms with Gasteiger partial charge < -0.3 is 10.2 Å². The summed E-state index contributed by atoms with van der Waals surface area (Å²) in [6.45, 7) is 0.987. The molecule has 3 rings (SSSR count). The van der Waals surface area contributed by atoms with Crippen molar-refractivity contribution < 1.29 is 23.4 Å². The average Bonchev–Trinajstić information content (AvgIpc) is 3.24. The summed E-state index contributed by atoms with van der Waals surface area (Å²) in [6, 6.07) is 8.82. The summed E-state index contributed by atoms with van der Waals surface area (Å²) in [5.41, 5.74) is 0.417. The van der Waals surface area contributed by atoms with E-state index in [1.54, 1.807) is 12.1 Å². The van der Waals surface area contributed by atoms with Crippen LogP contribution in [0.5, 0.6) is 5.75 Å². The maximum Gasteiger partial charge on any atom is 0.337 e. The second-order valence-electron chi connectivity index (χ2n) is 5.67. The number of hydrogen-bond acceptors (Lipinski definition) is 5. The maximum atomic E-state index is 12.6. The molecule has 2 aromatic rings. The Labute approximate surface area is 149 Å². The van der Waals surface area contributed by atoms with E-state index in [-0.39, 0.29) is 15.5 Å². The minimum atomic E-state index is -3.57. The highest BCUT2D eigenvalue weighted by Gasteiger charge is 2.29. The molecule has 1 aliphatic rings. The fourth-order valence-electron chi connectivity index (χ4n) is 2.67. The predicted molar refractivity (Wildman–Crippen MR) is 93.7 cm³/mol. The molecule has 0 saturated carbocycles. The van der Waals surface area contributed by atoms with E-state index in [1.165, 1.54) is 34.6 Å². The zero-order valence-electron chi connectivity index (χ0n) is 13.2. The highest BCUT2D eigenvalue weighted by atomic mass is 32.2. The summed E-state index contributed by atoms with van der Waals surface area (Å²) < 4.78 is 26.7. The molecule has 0 amide bonds. The summed E-state index contributed by atoms with van der Waals surface area (Å²) >= 11 is 0.930. The topological polar surface area (TPSA) is 97.7 Å². The number of carboxylic acid groups (broad SMARTS) is 1. The van der Waals surface area contributed by atoms with Crippen LogP contribution in [0.1, 0.15) is 23.3 Å². The van der Waals surface area contributed by atoms with E-state index in [2.05, 4.69) is 0 Å². The molecule has 132 valence electrons. The zero-order chi connectivity index (χ0) is 18.0. The molecule has 1 fully saturated rings. The van der Waals surface area contributed by atoms with Gasteiger partial charge in [-0.1, -0.05) is 24.3 Å². The molecule has 1 aliphatic heterocycles. The number of nitrogens with zero attached hydrogens (tertiary/aromatic N) is 1. The number of hydrogen-bond donors (Lipinski definition) is 1. The predicted octanol–water partition coefficient (Wildman–Crippen LogP) is 2.23. The quantitative estimate of drug-likeness (QED) is 0.805. The molecular formula is C17H16NO5S2-. The molecule has 1 N–H and O–H groups in total. The molecule has 0 aliphatic carbocycles. The summed E-state index contributed by atoms with van der Waals surface area (Å²) in [5.74, 6) is -1.40. The van der Waals surface area contributed by atoms with Gasteiger partial charge in [-0.15, -0.1) is 17.1 Å². The third-order valence-corrected chi connectivity index (χ3v) is 7.39. The summed E-state index contributed by atoms with van der Waals surface area (Å²) in [6.07, 6.45) is 3.05. The van der Waals surface area contributed by atoms with E-state index in [4.69, 9.17) is 0 Å². The van der Waals surface area contributed by atoms with Crippen LogP contribution >= 0.6 is 11.3 Å². The van der Waals surface area contributed by atoms with Crippen molar-refractivity contribution in [2.45, 2.75) is 17.1 Å². The second-order valence-corrected chi connectivity index (χ2v) is 8.91. The standard InChI is InChI=1S/C17H17NO5S2/c19-13-5-3-4-12(10-13)11-14(17(20)21)15-6-7-16(24-15)25(22,23)18-8-1-2-9-18/h3-7,10-11,19H,1-2,8-9H2,(H,20,21)/p-1/b14-11-. The first-order chi connectivity index (χ1) is 11.9. The molecule has 0 atom stereocenters. The number of thiophene rings is 1. The molecule has 1 aromatic carbocycles. The van der Waals surface area contributed by atoms with E-state index < -0.39 is 16.0 Å². The first-order valence-electron chi connectivity index (χ1n) is 7.70. The van der Waals surface area contributed by atoms with Crippen molar-refractivity contribution in [3.63, 3.8) is 0 Å². The molecule has 0 bridgehead atoms. The molecule has 25 heavy (non-hydrogen) atoms. The van der Waals surface area contributed by atoms with Gasteiger partial charge in [0.1, 0.15) is 4.21 Å². The lowest BCUT2D eigenvalue weighted by Crippen LogP contribution is -2.27. The molecule has 0 spiro atoms. The van der Waals surface area contributed by atoms with E-state index in [0.29, 0.717) is 23.5 Å². The van der Waals surface area contributed by atoms with Crippen molar-refractivity contribution in [3.05, 3.63) is 46.8 Å². The van der Waals surface area contributed by atoms with Gasteiger partial charge >= 0.3 is 5.97 Å². The third-order valence-electron chi connectivity index (χ3n) is 3.91. The first kappa shape index (κ1) is 17.7. The van der Waals surface area contributed by atoms with E-state index in [1.807, 2.05) is 0 Å². The Balaban J connectivity index is 1.97. The Morgan fingerprint density at radius 2 is 1.92 bits per heavy atom. The molecule has 1 saturated heterocycles. The van der Waals surface area contributed by atoms with Gasteiger partial charge in [-0.05, 0) is 36.6 Å². The molecule has 6 nitrogen and oxygen atoms in total. The van der Waals surface area contributed by atoms with Crippen molar-refractivity contribution in [2.24, 2.45) is 0 Å². The molecule has 0 radical (unpaired) electrons. The van der Waals surface area contributed by atoms with Gasteiger partial charge in [-0.2, -0.15) is 4.31 Å². The third kappa shape index (κ3) is 3.76. The largest absolute Gasteiger partial charge is 0.872 e. The van der Waals surface area contributed by atoms with Crippen LogP contribution in [0.4, 0.5) is 0 Å². The van der Waals surface area contributed by atoms with Gasteiger partial charge in [-0.25, -0.2) is 13.2 Å². The van der Waals surface area contributed by atoms with Crippen LogP contribution in [-0.2, 0) is 14.8 Å². The maximum absolute atomic E-state index is 12.6. The van der Waals surface area contributed by atoms with Crippen molar-refractivity contribution in [3.8, 4) is 5.75 Å². The van der Waals surface area contributed by atoms with Gasteiger partial charge in [-0.3, -0.25) is 0 Å². The smallest absolute Gasteiger partial charge is 0.337 e. The van der Waals surface area contributed by atoms with Gasteiger partial charge in [0, 0.05) is 18.0 Å². The van der Waals surface area contributed by atoms with Crippen LogP contribution in [0.3, 0.4) is 0 Å². The van der Waals surface area contributed by atoms with Crippen LogP contribution in [0.2, 0.25) is 0 Å². The minimum Gasteiger partial charge on any atom is -0.872 e. The molecule has 8 heteroatoms. The van der Waals surface area contributed by atoms with Crippen LogP contribution in [0.25, 0.3) is 11.6 Å². The van der Waals surface area contributed by atoms with Crippen LogP contribution in [0.15, 0.2) is 40.6 Å². The summed E-state index contributed by atoms with van der Waals surface area (Å²) in [4.78, 5) is 11.9. The lowest BCUT2D eigenvalue weighted by atomic mass is 10.1. The number of rotatable bonds is 5. The van der Waals surface area contributed by atoms with Gasteiger partial charge in [0.25, 0.3) is 10.0 Å².